The van der Waals surface area contributed by atoms with Gasteiger partial charge in [-0.1, -0.05) is 12.1 Å². The van der Waals surface area contributed by atoms with Crippen molar-refractivity contribution < 1.29 is 4.39 Å². The van der Waals surface area contributed by atoms with Gasteiger partial charge >= 0.3 is 0 Å². The van der Waals surface area contributed by atoms with E-state index in [4.69, 9.17) is 5.26 Å². The second kappa shape index (κ2) is 4.50. The van der Waals surface area contributed by atoms with Crippen LogP contribution in [-0.2, 0) is 6.42 Å². The number of hydrogen-bond acceptors (Lipinski definition) is 3. The first kappa shape index (κ1) is 11.4. The number of nitrogens with zero attached hydrogens (tertiary/aromatic N) is 4. The van der Waals surface area contributed by atoms with Crippen molar-refractivity contribution in [1.29, 1.82) is 5.26 Å². The summed E-state index contributed by atoms with van der Waals surface area (Å²) < 4.78 is 14.9. The Morgan fingerprint density at radius 3 is 2.89 bits per heavy atom. The van der Waals surface area contributed by atoms with E-state index in [2.05, 4.69) is 16.3 Å². The van der Waals surface area contributed by atoms with Crippen LogP contribution in [0.4, 0.5) is 4.39 Å². The molecule has 0 aliphatic heterocycles. The zero-order valence-electron chi connectivity index (χ0n) is 9.92. The second-order valence-corrected chi connectivity index (χ2v) is 4.18. The van der Waals surface area contributed by atoms with Gasteiger partial charge in [0.2, 0.25) is 0 Å². The number of benzene rings is 1. The van der Waals surface area contributed by atoms with Crippen LogP contribution in [0.2, 0.25) is 0 Å². The third-order valence-electron chi connectivity index (χ3n) is 2.86. The van der Waals surface area contributed by atoms with E-state index < -0.39 is 0 Å². The summed E-state index contributed by atoms with van der Waals surface area (Å²) in [5.41, 5.74) is 1.99. The molecule has 5 heteroatoms. The zero-order chi connectivity index (χ0) is 13.2. The van der Waals surface area contributed by atoms with Gasteiger partial charge in [-0.15, -0.1) is 10.2 Å². The quantitative estimate of drug-likeness (QED) is 0.703. The number of halogens is 1. The van der Waals surface area contributed by atoms with Gasteiger partial charge in [0.05, 0.1) is 11.6 Å². The average molecular weight is 252 g/mol. The molecule has 0 aliphatic carbocycles. The minimum Gasteiger partial charge on any atom is -0.286 e. The Hall–Kier alpha value is -2.74. The Balaban J connectivity index is 2.00. The van der Waals surface area contributed by atoms with Gasteiger partial charge in [0.1, 0.15) is 11.6 Å². The number of nitriles is 1. The molecule has 0 spiro atoms. The Morgan fingerprint density at radius 2 is 2.11 bits per heavy atom. The van der Waals surface area contributed by atoms with E-state index in [9.17, 15) is 4.39 Å². The van der Waals surface area contributed by atoms with Crippen LogP contribution in [0.25, 0.3) is 5.65 Å². The van der Waals surface area contributed by atoms with Crippen LogP contribution < -0.4 is 0 Å². The van der Waals surface area contributed by atoms with Crippen LogP contribution >= 0.6 is 0 Å². The molecule has 0 unspecified atom stereocenters. The Bertz CT molecular complexity index is 785. The second-order valence-electron chi connectivity index (χ2n) is 4.18. The topological polar surface area (TPSA) is 54.0 Å². The summed E-state index contributed by atoms with van der Waals surface area (Å²) in [4.78, 5) is 0. The molecule has 0 bridgehead atoms. The minimum atomic E-state index is -0.266. The first-order valence-corrected chi connectivity index (χ1v) is 5.74. The van der Waals surface area contributed by atoms with Crippen LogP contribution in [0.3, 0.4) is 0 Å². The average Bonchev–Trinajstić information content (AvgIpc) is 2.81. The highest BCUT2D eigenvalue weighted by Crippen LogP contribution is 2.12. The fourth-order valence-electron chi connectivity index (χ4n) is 1.96. The molecule has 0 atom stereocenters. The van der Waals surface area contributed by atoms with Crippen LogP contribution in [0.15, 0.2) is 42.6 Å². The third kappa shape index (κ3) is 2.16. The Kier molecular flexibility index (Phi) is 2.69. The molecule has 0 fully saturated rings. The molecule has 92 valence electrons. The molecule has 0 aliphatic rings. The van der Waals surface area contributed by atoms with E-state index in [0.29, 0.717) is 23.5 Å². The van der Waals surface area contributed by atoms with Crippen molar-refractivity contribution in [3.8, 4) is 6.07 Å². The molecule has 2 aromatic heterocycles. The predicted octanol–water partition coefficient (Wildman–Crippen LogP) is 2.33. The molecule has 3 aromatic rings. The van der Waals surface area contributed by atoms with E-state index in [-0.39, 0.29) is 5.82 Å². The van der Waals surface area contributed by atoms with Crippen LogP contribution in [0, 0.1) is 17.1 Å². The summed E-state index contributed by atoms with van der Waals surface area (Å²) in [6.07, 6.45) is 2.24. The maximum atomic E-state index is 13.1. The van der Waals surface area contributed by atoms with Gasteiger partial charge in [0, 0.05) is 18.7 Å². The molecule has 0 saturated carbocycles. The van der Waals surface area contributed by atoms with E-state index in [1.165, 1.54) is 12.1 Å². The smallest absolute Gasteiger partial charge is 0.162 e. The first-order chi connectivity index (χ1) is 9.26. The molecule has 1 aromatic carbocycles. The van der Waals surface area contributed by atoms with Crippen molar-refractivity contribution in [2.75, 3.05) is 0 Å². The standard InChI is InChI=1S/C14H9FN4/c15-12-3-1-2-10(6-12)7-13-17-18-14-8-11(9-16)4-5-19(13)14/h1-6,8H,7H2. The highest BCUT2D eigenvalue weighted by atomic mass is 19.1. The van der Waals surface area contributed by atoms with Crippen LogP contribution in [0.1, 0.15) is 17.0 Å². The van der Waals surface area contributed by atoms with Gasteiger partial charge in [-0.05, 0) is 23.8 Å². The number of aromatic nitrogens is 3. The zero-order valence-corrected chi connectivity index (χ0v) is 9.92. The normalized spacial score (nSPS) is 10.5. The molecule has 4 nitrogen and oxygen atoms in total. The maximum absolute atomic E-state index is 13.1. The van der Waals surface area contributed by atoms with Crippen molar-refractivity contribution in [2.24, 2.45) is 0 Å². The molecule has 0 radical (unpaired) electrons. The Labute approximate surface area is 108 Å². The minimum absolute atomic E-state index is 0.266. The fourth-order valence-corrected chi connectivity index (χ4v) is 1.96. The van der Waals surface area contributed by atoms with E-state index in [0.717, 1.165) is 5.56 Å². The number of hydrogen-bond donors (Lipinski definition) is 0. The predicted molar refractivity (Wildman–Crippen MR) is 66.9 cm³/mol. The molecular weight excluding hydrogens is 243 g/mol. The van der Waals surface area contributed by atoms with Crippen molar-refractivity contribution in [1.82, 2.24) is 14.6 Å². The van der Waals surface area contributed by atoms with E-state index in [1.807, 2.05) is 6.07 Å². The lowest BCUT2D eigenvalue weighted by Crippen LogP contribution is -1.97. The number of pyridine rings is 1. The van der Waals surface area contributed by atoms with Crippen LogP contribution in [-0.4, -0.2) is 14.6 Å². The van der Waals surface area contributed by atoms with Crippen molar-refractivity contribution in [3.63, 3.8) is 0 Å². The van der Waals surface area contributed by atoms with Gasteiger partial charge < -0.3 is 0 Å². The SMILES string of the molecule is N#Cc1ccn2c(Cc3cccc(F)c3)nnc2c1. The highest BCUT2D eigenvalue weighted by molar-refractivity contribution is 5.45. The molecule has 19 heavy (non-hydrogen) atoms. The molecule has 0 saturated heterocycles. The van der Waals surface area contributed by atoms with Crippen molar-refractivity contribution in [2.45, 2.75) is 6.42 Å². The van der Waals surface area contributed by atoms with Gasteiger partial charge in [0.25, 0.3) is 0 Å². The van der Waals surface area contributed by atoms with Gasteiger partial charge in [-0.2, -0.15) is 5.26 Å². The summed E-state index contributed by atoms with van der Waals surface area (Å²) in [6.45, 7) is 0. The van der Waals surface area contributed by atoms with Crippen molar-refractivity contribution in [3.05, 3.63) is 65.4 Å². The summed E-state index contributed by atoms with van der Waals surface area (Å²) in [5.74, 6) is 0.447. The highest BCUT2D eigenvalue weighted by Gasteiger charge is 2.07. The van der Waals surface area contributed by atoms with Gasteiger partial charge in [-0.25, -0.2) is 4.39 Å². The molecule has 0 amide bonds. The number of fused-ring (bicyclic) bond motifs is 1. The third-order valence-corrected chi connectivity index (χ3v) is 2.86. The lowest BCUT2D eigenvalue weighted by molar-refractivity contribution is 0.625. The van der Waals surface area contributed by atoms with E-state index in [1.54, 1.807) is 28.8 Å². The van der Waals surface area contributed by atoms with Gasteiger partial charge in [0.15, 0.2) is 5.65 Å². The summed E-state index contributed by atoms with van der Waals surface area (Å²) in [5, 5.41) is 16.9. The maximum Gasteiger partial charge on any atom is 0.162 e. The molecule has 2 heterocycles. The lowest BCUT2D eigenvalue weighted by Gasteiger charge is -2.01. The largest absolute Gasteiger partial charge is 0.286 e. The fraction of sp³-hybridized carbons (Fsp3) is 0.0714. The summed E-state index contributed by atoms with van der Waals surface area (Å²) in [6, 6.07) is 11.8. The van der Waals surface area contributed by atoms with Crippen molar-refractivity contribution >= 4 is 5.65 Å². The van der Waals surface area contributed by atoms with Gasteiger partial charge in [-0.3, -0.25) is 4.40 Å². The first-order valence-electron chi connectivity index (χ1n) is 5.74. The molecular formula is C14H9FN4. The monoisotopic (exact) mass is 252 g/mol. The number of rotatable bonds is 2. The molecule has 3 rings (SSSR count). The lowest BCUT2D eigenvalue weighted by atomic mass is 10.1. The van der Waals surface area contributed by atoms with Crippen LogP contribution in [0.5, 0.6) is 0 Å². The summed E-state index contributed by atoms with van der Waals surface area (Å²) in [7, 11) is 0. The summed E-state index contributed by atoms with van der Waals surface area (Å²) >= 11 is 0. The van der Waals surface area contributed by atoms with E-state index >= 15 is 0 Å². The Morgan fingerprint density at radius 1 is 1.21 bits per heavy atom. The molecule has 0 N–H and O–H groups in total.